The van der Waals surface area contributed by atoms with E-state index in [1.165, 1.54) is 4.90 Å². The predicted molar refractivity (Wildman–Crippen MR) is 83.0 cm³/mol. The molecule has 6 nitrogen and oxygen atoms in total. The van der Waals surface area contributed by atoms with Crippen LogP contribution in [0.5, 0.6) is 0 Å². The summed E-state index contributed by atoms with van der Waals surface area (Å²) in [5.41, 5.74) is 7.89. The van der Waals surface area contributed by atoms with Crippen LogP contribution in [0.25, 0.3) is 0 Å². The van der Waals surface area contributed by atoms with Gasteiger partial charge in [0.2, 0.25) is 5.91 Å². The van der Waals surface area contributed by atoms with Crippen molar-refractivity contribution in [2.45, 2.75) is 26.7 Å². The molecule has 1 aromatic carbocycles. The lowest BCUT2D eigenvalue weighted by Gasteiger charge is -2.30. The molecule has 0 bridgehead atoms. The van der Waals surface area contributed by atoms with Crippen LogP contribution < -0.4 is 11.1 Å². The van der Waals surface area contributed by atoms with E-state index < -0.39 is 11.8 Å². The number of aryl methyl sites for hydroxylation is 1. The van der Waals surface area contributed by atoms with Gasteiger partial charge < -0.3 is 16.0 Å². The molecule has 6 heteroatoms. The highest BCUT2D eigenvalue weighted by Crippen LogP contribution is 2.19. The minimum absolute atomic E-state index is 0.203. The van der Waals surface area contributed by atoms with Crippen molar-refractivity contribution in [3.05, 3.63) is 29.3 Å². The first-order valence-electron chi connectivity index (χ1n) is 7.36. The zero-order valence-corrected chi connectivity index (χ0v) is 12.9. The number of primary amides is 1. The fourth-order valence-electron chi connectivity index (χ4n) is 2.57. The number of anilines is 1. The Hall–Kier alpha value is -2.37. The van der Waals surface area contributed by atoms with Crippen molar-refractivity contribution in [3.8, 4) is 0 Å². The standard InChI is InChI=1S/C16H21N3O3/c1-10-4-3-5-13(11(10)2)18-15(21)16(22)19-8-6-12(7-9-19)14(17)20/h3-5,12H,6-9H2,1-2H3,(H2,17,20)(H,18,21). The van der Waals surface area contributed by atoms with E-state index in [1.807, 2.05) is 26.0 Å². The Kier molecular flexibility index (Phi) is 4.80. The molecule has 0 atom stereocenters. The molecule has 0 saturated carbocycles. The van der Waals surface area contributed by atoms with E-state index >= 15 is 0 Å². The van der Waals surface area contributed by atoms with Gasteiger partial charge in [0.15, 0.2) is 0 Å². The second-order valence-electron chi connectivity index (χ2n) is 5.67. The third kappa shape index (κ3) is 3.44. The summed E-state index contributed by atoms with van der Waals surface area (Å²) >= 11 is 0. The van der Waals surface area contributed by atoms with Gasteiger partial charge in [-0.1, -0.05) is 12.1 Å². The number of hydrogen-bond acceptors (Lipinski definition) is 3. The van der Waals surface area contributed by atoms with Crippen molar-refractivity contribution >= 4 is 23.4 Å². The van der Waals surface area contributed by atoms with Crippen LogP contribution in [-0.2, 0) is 14.4 Å². The van der Waals surface area contributed by atoms with Crippen LogP contribution in [0.2, 0.25) is 0 Å². The van der Waals surface area contributed by atoms with Crippen LogP contribution in [0, 0.1) is 19.8 Å². The van der Waals surface area contributed by atoms with Gasteiger partial charge >= 0.3 is 11.8 Å². The van der Waals surface area contributed by atoms with Gasteiger partial charge in [0.25, 0.3) is 0 Å². The van der Waals surface area contributed by atoms with E-state index in [0.29, 0.717) is 31.6 Å². The summed E-state index contributed by atoms with van der Waals surface area (Å²) in [5, 5.41) is 2.66. The Bertz CT molecular complexity index is 605. The Labute approximate surface area is 129 Å². The zero-order valence-electron chi connectivity index (χ0n) is 12.9. The topological polar surface area (TPSA) is 92.5 Å². The van der Waals surface area contributed by atoms with Gasteiger partial charge in [-0.25, -0.2) is 0 Å². The lowest BCUT2D eigenvalue weighted by atomic mass is 9.96. The van der Waals surface area contributed by atoms with Gasteiger partial charge in [-0.3, -0.25) is 14.4 Å². The Morgan fingerprint density at radius 3 is 2.41 bits per heavy atom. The molecule has 1 heterocycles. The molecule has 22 heavy (non-hydrogen) atoms. The van der Waals surface area contributed by atoms with Crippen LogP contribution in [0.3, 0.4) is 0 Å². The van der Waals surface area contributed by atoms with Gasteiger partial charge in [-0.15, -0.1) is 0 Å². The molecule has 1 aromatic rings. The molecule has 1 aliphatic heterocycles. The molecule has 0 aliphatic carbocycles. The van der Waals surface area contributed by atoms with E-state index in [4.69, 9.17) is 5.73 Å². The average molecular weight is 303 g/mol. The second kappa shape index (κ2) is 6.60. The van der Waals surface area contributed by atoms with Gasteiger partial charge in [-0.2, -0.15) is 0 Å². The third-order valence-corrected chi connectivity index (χ3v) is 4.23. The first kappa shape index (κ1) is 16.0. The molecular weight excluding hydrogens is 282 g/mol. The number of carbonyl (C=O) groups excluding carboxylic acids is 3. The Balaban J connectivity index is 1.97. The molecule has 0 aromatic heterocycles. The monoisotopic (exact) mass is 303 g/mol. The van der Waals surface area contributed by atoms with Gasteiger partial charge in [0.05, 0.1) is 0 Å². The van der Waals surface area contributed by atoms with E-state index in [0.717, 1.165) is 11.1 Å². The summed E-state index contributed by atoms with van der Waals surface area (Å²) in [5.74, 6) is -1.76. The van der Waals surface area contributed by atoms with Crippen molar-refractivity contribution in [1.82, 2.24) is 4.90 Å². The lowest BCUT2D eigenvalue weighted by molar-refractivity contribution is -0.144. The minimum Gasteiger partial charge on any atom is -0.369 e. The number of nitrogens with zero attached hydrogens (tertiary/aromatic N) is 1. The van der Waals surface area contributed by atoms with Gasteiger partial charge in [-0.05, 0) is 43.9 Å². The fourth-order valence-corrected chi connectivity index (χ4v) is 2.57. The van der Waals surface area contributed by atoms with Crippen molar-refractivity contribution in [2.75, 3.05) is 18.4 Å². The minimum atomic E-state index is -0.647. The van der Waals surface area contributed by atoms with Crippen LogP contribution in [0.15, 0.2) is 18.2 Å². The summed E-state index contributed by atoms with van der Waals surface area (Å²) in [7, 11) is 0. The maximum absolute atomic E-state index is 12.2. The Morgan fingerprint density at radius 1 is 1.18 bits per heavy atom. The second-order valence-corrected chi connectivity index (χ2v) is 5.67. The smallest absolute Gasteiger partial charge is 0.313 e. The number of benzene rings is 1. The maximum atomic E-state index is 12.2. The molecular formula is C16H21N3O3. The molecule has 3 N–H and O–H groups in total. The lowest BCUT2D eigenvalue weighted by Crippen LogP contribution is -2.46. The average Bonchev–Trinajstić information content (AvgIpc) is 2.51. The van der Waals surface area contributed by atoms with Crippen molar-refractivity contribution in [3.63, 3.8) is 0 Å². The normalized spacial score (nSPS) is 15.5. The number of amides is 3. The van der Waals surface area contributed by atoms with Crippen LogP contribution in [0.4, 0.5) is 5.69 Å². The van der Waals surface area contributed by atoms with E-state index in [-0.39, 0.29) is 11.8 Å². The highest BCUT2D eigenvalue weighted by atomic mass is 16.2. The van der Waals surface area contributed by atoms with Crippen molar-refractivity contribution in [1.29, 1.82) is 0 Å². The van der Waals surface area contributed by atoms with Crippen LogP contribution >= 0.6 is 0 Å². The number of rotatable bonds is 2. The molecule has 1 saturated heterocycles. The van der Waals surface area contributed by atoms with Gasteiger partial charge in [0, 0.05) is 24.7 Å². The molecule has 1 aliphatic rings. The van der Waals surface area contributed by atoms with Crippen LogP contribution in [0.1, 0.15) is 24.0 Å². The summed E-state index contributed by atoms with van der Waals surface area (Å²) in [6.07, 6.45) is 1.02. The molecule has 0 spiro atoms. The zero-order chi connectivity index (χ0) is 16.3. The number of nitrogens with two attached hydrogens (primary N) is 1. The molecule has 118 valence electrons. The quantitative estimate of drug-likeness (QED) is 0.797. The maximum Gasteiger partial charge on any atom is 0.313 e. The van der Waals surface area contributed by atoms with E-state index in [1.54, 1.807) is 6.07 Å². The molecule has 3 amide bonds. The summed E-state index contributed by atoms with van der Waals surface area (Å²) < 4.78 is 0. The first-order valence-corrected chi connectivity index (χ1v) is 7.36. The van der Waals surface area contributed by atoms with E-state index in [9.17, 15) is 14.4 Å². The number of likely N-dealkylation sites (tertiary alicyclic amines) is 1. The number of carbonyl (C=O) groups is 3. The highest BCUT2D eigenvalue weighted by Gasteiger charge is 2.29. The highest BCUT2D eigenvalue weighted by molar-refractivity contribution is 6.39. The molecule has 0 radical (unpaired) electrons. The number of piperidine rings is 1. The summed E-state index contributed by atoms with van der Waals surface area (Å²) in [6, 6.07) is 5.55. The van der Waals surface area contributed by atoms with Crippen LogP contribution in [-0.4, -0.2) is 35.7 Å². The first-order chi connectivity index (χ1) is 10.4. The molecule has 0 unspecified atom stereocenters. The molecule has 2 rings (SSSR count). The SMILES string of the molecule is Cc1cccc(NC(=O)C(=O)N2CCC(C(N)=O)CC2)c1C. The van der Waals surface area contributed by atoms with E-state index in [2.05, 4.69) is 5.32 Å². The third-order valence-electron chi connectivity index (χ3n) is 4.23. The largest absolute Gasteiger partial charge is 0.369 e. The van der Waals surface area contributed by atoms with Crippen molar-refractivity contribution in [2.24, 2.45) is 11.7 Å². The molecule has 1 fully saturated rings. The summed E-state index contributed by atoms with van der Waals surface area (Å²) in [4.78, 5) is 36.9. The number of nitrogens with one attached hydrogen (secondary N) is 1. The number of hydrogen-bond donors (Lipinski definition) is 2. The fraction of sp³-hybridized carbons (Fsp3) is 0.438. The van der Waals surface area contributed by atoms with Gasteiger partial charge in [0.1, 0.15) is 0 Å². The predicted octanol–water partition coefficient (Wildman–Crippen LogP) is 0.966. The summed E-state index contributed by atoms with van der Waals surface area (Å²) in [6.45, 7) is 4.61. The Morgan fingerprint density at radius 2 is 1.82 bits per heavy atom. The van der Waals surface area contributed by atoms with Crippen molar-refractivity contribution < 1.29 is 14.4 Å².